The fourth-order valence-corrected chi connectivity index (χ4v) is 0.474. The Labute approximate surface area is 54.2 Å². The first-order valence-electron chi connectivity index (χ1n) is 2.27. The number of nitro groups is 1. The van der Waals surface area contributed by atoms with Crippen molar-refractivity contribution in [1.29, 1.82) is 0 Å². The van der Waals surface area contributed by atoms with Crippen LogP contribution in [0, 0.1) is 15.0 Å². The van der Waals surface area contributed by atoms with Crippen molar-refractivity contribution in [3.63, 3.8) is 0 Å². The Morgan fingerprint density at radius 1 is 1.80 bits per heavy atom. The summed E-state index contributed by atoms with van der Waals surface area (Å²) in [6.45, 7) is 0. The van der Waals surface area contributed by atoms with Gasteiger partial charge in [-0.15, -0.1) is 10.0 Å². The molecule has 0 amide bonds. The molecule has 0 radical (unpaired) electrons. The maximum Gasteiger partial charge on any atom is 0.372 e. The second-order valence-corrected chi connectivity index (χ2v) is 1.45. The van der Waals surface area contributed by atoms with E-state index in [1.54, 1.807) is 0 Å². The van der Waals surface area contributed by atoms with Crippen LogP contribution in [0.15, 0.2) is 11.4 Å². The summed E-state index contributed by atoms with van der Waals surface area (Å²) in [6.07, 6.45) is 0.991. The van der Waals surface area contributed by atoms with Gasteiger partial charge in [0.25, 0.3) is 0 Å². The largest absolute Gasteiger partial charge is 0.372 e. The molecule has 0 saturated carbocycles. The van der Waals surface area contributed by atoms with Gasteiger partial charge < -0.3 is 10.1 Å². The van der Waals surface area contributed by atoms with Crippen LogP contribution < -0.4 is 0 Å². The number of rotatable bonds is 2. The second kappa shape index (κ2) is 2.21. The van der Waals surface area contributed by atoms with E-state index in [4.69, 9.17) is 0 Å². The third-order valence-corrected chi connectivity index (χ3v) is 0.881. The van der Waals surface area contributed by atoms with Gasteiger partial charge in [-0.05, 0) is 10.1 Å². The van der Waals surface area contributed by atoms with E-state index in [2.05, 4.69) is 10.3 Å². The molecule has 1 N–H and O–H groups in total. The van der Waals surface area contributed by atoms with E-state index in [-0.39, 0.29) is 5.69 Å². The van der Waals surface area contributed by atoms with Gasteiger partial charge in [0.2, 0.25) is 5.69 Å². The lowest BCUT2D eigenvalue weighted by Crippen LogP contribution is -1.87. The molecular weight excluding hydrogens is 140 g/mol. The third-order valence-electron chi connectivity index (χ3n) is 0.881. The first-order valence-corrected chi connectivity index (χ1v) is 2.27. The van der Waals surface area contributed by atoms with Crippen molar-refractivity contribution in [2.24, 2.45) is 5.18 Å². The average Bonchev–Trinajstić information content (AvgIpc) is 2.33. The molecule has 0 atom stereocenters. The van der Waals surface area contributed by atoms with Crippen molar-refractivity contribution in [3.8, 4) is 0 Å². The number of nitroso groups, excluding NO2 is 1. The van der Waals surface area contributed by atoms with Gasteiger partial charge in [-0.3, -0.25) is 0 Å². The lowest BCUT2D eigenvalue weighted by Gasteiger charge is -1.85. The monoisotopic (exact) mass is 142 g/mol. The fourth-order valence-electron chi connectivity index (χ4n) is 0.474. The zero-order chi connectivity index (χ0) is 7.56. The minimum absolute atomic E-state index is 0.287. The van der Waals surface area contributed by atoms with E-state index >= 15 is 0 Å². The van der Waals surface area contributed by atoms with E-state index in [1.807, 2.05) is 5.10 Å². The van der Waals surface area contributed by atoms with E-state index < -0.39 is 10.7 Å². The van der Waals surface area contributed by atoms with Crippen molar-refractivity contribution >= 4 is 11.5 Å². The molecule has 1 rings (SSSR count). The van der Waals surface area contributed by atoms with Crippen molar-refractivity contribution in [1.82, 2.24) is 10.2 Å². The molecule has 0 bridgehead atoms. The molecule has 1 heterocycles. The smallest absolute Gasteiger partial charge is 0.358 e. The number of aromatic nitrogens is 2. The van der Waals surface area contributed by atoms with Crippen LogP contribution in [-0.2, 0) is 0 Å². The highest BCUT2D eigenvalue weighted by atomic mass is 16.6. The van der Waals surface area contributed by atoms with Crippen LogP contribution in [0.2, 0.25) is 0 Å². The van der Waals surface area contributed by atoms with Crippen molar-refractivity contribution < 1.29 is 4.92 Å². The maximum atomic E-state index is 9.98. The van der Waals surface area contributed by atoms with Gasteiger partial charge in [0.1, 0.15) is 6.20 Å². The topological polar surface area (TPSA) is 101 Å². The molecule has 7 nitrogen and oxygen atoms in total. The van der Waals surface area contributed by atoms with Gasteiger partial charge in [-0.25, -0.2) is 0 Å². The molecule has 0 aliphatic heterocycles. The Kier molecular flexibility index (Phi) is 1.40. The van der Waals surface area contributed by atoms with Crippen LogP contribution in [0.3, 0.4) is 0 Å². The minimum Gasteiger partial charge on any atom is -0.358 e. The molecule has 1 aromatic rings. The molecule has 52 valence electrons. The SMILES string of the molecule is O=Nc1cn[nH]c1[N+](=O)[O-]. The summed E-state index contributed by atoms with van der Waals surface area (Å²) < 4.78 is 0. The summed E-state index contributed by atoms with van der Waals surface area (Å²) in [7, 11) is 0. The number of nitrogens with one attached hydrogen (secondary N) is 1. The van der Waals surface area contributed by atoms with Gasteiger partial charge in [-0.2, -0.15) is 0 Å². The molecule has 10 heavy (non-hydrogen) atoms. The van der Waals surface area contributed by atoms with Crippen LogP contribution >= 0.6 is 0 Å². The summed E-state index contributed by atoms with van der Waals surface area (Å²) in [6, 6.07) is 0. The van der Waals surface area contributed by atoms with Gasteiger partial charge in [0, 0.05) is 0 Å². The number of H-pyrrole nitrogens is 1. The fraction of sp³-hybridized carbons (Fsp3) is 0. The van der Waals surface area contributed by atoms with Crippen molar-refractivity contribution in [2.75, 3.05) is 0 Å². The molecule has 0 aromatic carbocycles. The van der Waals surface area contributed by atoms with Crippen LogP contribution in [-0.4, -0.2) is 15.1 Å². The predicted octanol–water partition coefficient (Wildman–Crippen LogP) is 0.716. The summed E-state index contributed by atoms with van der Waals surface area (Å²) in [5, 5.41) is 17.6. The zero-order valence-corrected chi connectivity index (χ0v) is 4.64. The number of aromatic amines is 1. The van der Waals surface area contributed by atoms with Crippen molar-refractivity contribution in [2.45, 2.75) is 0 Å². The van der Waals surface area contributed by atoms with Gasteiger partial charge in [0.05, 0.1) is 0 Å². The lowest BCUT2D eigenvalue weighted by molar-refractivity contribution is -0.388. The first kappa shape index (κ1) is 6.33. The number of nitrogens with zero attached hydrogens (tertiary/aromatic N) is 3. The minimum atomic E-state index is -0.760. The van der Waals surface area contributed by atoms with Crippen LogP contribution in [0.4, 0.5) is 11.5 Å². The van der Waals surface area contributed by atoms with Crippen molar-refractivity contribution in [3.05, 3.63) is 21.2 Å². The highest BCUT2D eigenvalue weighted by Crippen LogP contribution is 2.21. The number of hydrogen-bond acceptors (Lipinski definition) is 5. The molecule has 0 aliphatic rings. The Hall–Kier alpha value is -1.79. The Balaban J connectivity index is 3.13. The van der Waals surface area contributed by atoms with E-state index in [1.165, 1.54) is 0 Å². The number of hydrogen-bond donors (Lipinski definition) is 1. The van der Waals surface area contributed by atoms with Crippen LogP contribution in [0.1, 0.15) is 0 Å². The molecular formula is C3H2N4O3. The second-order valence-electron chi connectivity index (χ2n) is 1.45. The normalized spacial score (nSPS) is 9.20. The van der Waals surface area contributed by atoms with Crippen LogP contribution in [0.5, 0.6) is 0 Å². The Morgan fingerprint density at radius 2 is 2.50 bits per heavy atom. The summed E-state index contributed by atoms with van der Waals surface area (Å²) in [4.78, 5) is 19.0. The van der Waals surface area contributed by atoms with Gasteiger partial charge in [-0.1, -0.05) is 5.10 Å². The lowest BCUT2D eigenvalue weighted by atomic mass is 10.5. The molecule has 1 aromatic heterocycles. The predicted molar refractivity (Wildman–Crippen MR) is 30.7 cm³/mol. The molecule has 0 saturated heterocycles. The quantitative estimate of drug-likeness (QED) is 0.373. The van der Waals surface area contributed by atoms with E-state index in [0.717, 1.165) is 6.20 Å². The molecule has 0 aliphatic carbocycles. The van der Waals surface area contributed by atoms with E-state index in [9.17, 15) is 15.0 Å². The molecule has 0 unspecified atom stereocenters. The molecule has 0 spiro atoms. The standard InChI is InChI=1S/C3H2N4O3/c8-6-2-1-4-5-3(2)7(9)10/h1H,(H,4,5). The molecule has 7 heteroatoms. The summed E-state index contributed by atoms with van der Waals surface area (Å²) in [5.74, 6) is -0.477. The van der Waals surface area contributed by atoms with Gasteiger partial charge >= 0.3 is 5.82 Å². The Bertz CT molecular complexity index is 266. The zero-order valence-electron chi connectivity index (χ0n) is 4.64. The first-order chi connectivity index (χ1) is 4.75. The maximum absolute atomic E-state index is 9.98. The van der Waals surface area contributed by atoms with E-state index in [0.29, 0.717) is 0 Å². The third kappa shape index (κ3) is 0.835. The average molecular weight is 142 g/mol. The van der Waals surface area contributed by atoms with Gasteiger partial charge in [0.15, 0.2) is 0 Å². The summed E-state index contributed by atoms with van der Waals surface area (Å²) in [5.41, 5.74) is -0.287. The Morgan fingerprint density at radius 3 is 2.90 bits per heavy atom. The highest BCUT2D eigenvalue weighted by molar-refractivity contribution is 5.49. The van der Waals surface area contributed by atoms with Crippen LogP contribution in [0.25, 0.3) is 0 Å². The molecule has 0 fully saturated rings. The highest BCUT2D eigenvalue weighted by Gasteiger charge is 2.14. The summed E-state index contributed by atoms with van der Waals surface area (Å²) >= 11 is 0.